The first-order valence-electron chi connectivity index (χ1n) is 7.59. The Labute approximate surface area is 146 Å². The van der Waals surface area contributed by atoms with Gasteiger partial charge in [-0.3, -0.25) is 9.88 Å². The number of pyridine rings is 1. The zero-order valence-electron chi connectivity index (χ0n) is 12.7. The fourth-order valence-corrected chi connectivity index (χ4v) is 3.09. The second-order valence-corrected chi connectivity index (χ2v) is 6.74. The van der Waals surface area contributed by atoms with E-state index < -0.39 is 0 Å². The van der Waals surface area contributed by atoms with E-state index in [0.29, 0.717) is 23.8 Å². The summed E-state index contributed by atoms with van der Waals surface area (Å²) in [5, 5.41) is 4.01. The van der Waals surface area contributed by atoms with Gasteiger partial charge in [-0.15, -0.1) is 0 Å². The molecule has 0 aliphatic carbocycles. The molecule has 3 heterocycles. The number of nitrogens with zero attached hydrogens (tertiary/aromatic N) is 4. The third kappa shape index (κ3) is 3.09. The topological polar surface area (TPSA) is 55.1 Å². The summed E-state index contributed by atoms with van der Waals surface area (Å²) < 4.78 is 20.0. The van der Waals surface area contributed by atoms with Crippen LogP contribution in [-0.2, 0) is 6.54 Å². The standard InChI is InChI=1S/C17H14BrFN4O/c18-14-4-3-12(15(19)6-14)8-23-9-13(10-23)17-21-16(22-24-17)11-2-1-5-20-7-11/h1-7,13H,8-10H2. The summed E-state index contributed by atoms with van der Waals surface area (Å²) in [4.78, 5) is 10.7. The van der Waals surface area contributed by atoms with Gasteiger partial charge in [0.2, 0.25) is 11.7 Å². The number of likely N-dealkylation sites (tertiary alicyclic amines) is 1. The van der Waals surface area contributed by atoms with Gasteiger partial charge < -0.3 is 4.52 Å². The molecule has 4 rings (SSSR count). The number of hydrogen-bond acceptors (Lipinski definition) is 5. The molecule has 3 aromatic rings. The van der Waals surface area contributed by atoms with E-state index in [1.54, 1.807) is 18.5 Å². The Morgan fingerprint density at radius 1 is 1.29 bits per heavy atom. The van der Waals surface area contributed by atoms with Gasteiger partial charge in [-0.2, -0.15) is 4.98 Å². The van der Waals surface area contributed by atoms with Crippen LogP contribution in [0.2, 0.25) is 0 Å². The van der Waals surface area contributed by atoms with Crippen molar-refractivity contribution in [3.8, 4) is 11.4 Å². The Kier molecular flexibility index (Phi) is 4.12. The summed E-state index contributed by atoms with van der Waals surface area (Å²) in [6, 6.07) is 8.88. The number of halogens is 2. The monoisotopic (exact) mass is 388 g/mol. The van der Waals surface area contributed by atoms with Crippen molar-refractivity contribution in [1.29, 1.82) is 0 Å². The van der Waals surface area contributed by atoms with Crippen molar-refractivity contribution < 1.29 is 8.91 Å². The molecule has 0 radical (unpaired) electrons. The number of benzene rings is 1. The van der Waals surface area contributed by atoms with E-state index >= 15 is 0 Å². The molecule has 5 nitrogen and oxygen atoms in total. The maximum absolute atomic E-state index is 13.9. The summed E-state index contributed by atoms with van der Waals surface area (Å²) in [7, 11) is 0. The molecular weight excluding hydrogens is 375 g/mol. The average Bonchev–Trinajstić information content (AvgIpc) is 3.02. The highest BCUT2D eigenvalue weighted by atomic mass is 79.9. The normalized spacial score (nSPS) is 15.4. The molecule has 0 N–H and O–H groups in total. The van der Waals surface area contributed by atoms with Crippen molar-refractivity contribution in [1.82, 2.24) is 20.0 Å². The van der Waals surface area contributed by atoms with Crippen LogP contribution in [0, 0.1) is 5.82 Å². The molecule has 1 aromatic carbocycles. The third-order valence-electron chi connectivity index (χ3n) is 4.08. The molecule has 1 aliphatic heterocycles. The summed E-state index contributed by atoms with van der Waals surface area (Å²) in [6.45, 7) is 2.15. The molecular formula is C17H14BrFN4O. The van der Waals surface area contributed by atoms with E-state index in [4.69, 9.17) is 4.52 Å². The maximum atomic E-state index is 13.9. The molecule has 0 spiro atoms. The van der Waals surface area contributed by atoms with Gasteiger partial charge in [0.05, 0.1) is 5.92 Å². The Morgan fingerprint density at radius 3 is 2.92 bits per heavy atom. The minimum absolute atomic E-state index is 0.190. The first-order chi connectivity index (χ1) is 11.7. The molecule has 0 atom stereocenters. The van der Waals surface area contributed by atoms with Crippen LogP contribution < -0.4 is 0 Å². The Morgan fingerprint density at radius 2 is 2.17 bits per heavy atom. The van der Waals surface area contributed by atoms with Gasteiger partial charge in [0.15, 0.2) is 0 Å². The lowest BCUT2D eigenvalue weighted by atomic mass is 9.99. The summed E-state index contributed by atoms with van der Waals surface area (Å²) in [5.41, 5.74) is 1.53. The number of rotatable bonds is 4. The molecule has 0 unspecified atom stereocenters. The summed E-state index contributed by atoms with van der Waals surface area (Å²) in [5.74, 6) is 1.18. The van der Waals surface area contributed by atoms with Crippen LogP contribution in [0.5, 0.6) is 0 Å². The molecule has 1 fully saturated rings. The van der Waals surface area contributed by atoms with Crippen molar-refractivity contribution in [3.63, 3.8) is 0 Å². The lowest BCUT2D eigenvalue weighted by Crippen LogP contribution is -2.44. The maximum Gasteiger partial charge on any atom is 0.232 e. The molecule has 7 heteroatoms. The van der Waals surface area contributed by atoms with Crippen LogP contribution in [0.1, 0.15) is 17.4 Å². The van der Waals surface area contributed by atoms with Gasteiger partial charge in [-0.25, -0.2) is 4.39 Å². The van der Waals surface area contributed by atoms with E-state index in [-0.39, 0.29) is 11.7 Å². The van der Waals surface area contributed by atoms with E-state index in [2.05, 4.69) is 36.0 Å². The van der Waals surface area contributed by atoms with E-state index in [1.165, 1.54) is 6.07 Å². The third-order valence-corrected chi connectivity index (χ3v) is 4.57. The zero-order chi connectivity index (χ0) is 16.5. The average molecular weight is 389 g/mol. The van der Waals surface area contributed by atoms with Gasteiger partial charge >= 0.3 is 0 Å². The van der Waals surface area contributed by atoms with Crippen molar-refractivity contribution in [2.45, 2.75) is 12.5 Å². The largest absolute Gasteiger partial charge is 0.339 e. The molecule has 0 saturated carbocycles. The van der Waals surface area contributed by atoms with Crippen LogP contribution >= 0.6 is 15.9 Å². The van der Waals surface area contributed by atoms with Crippen LogP contribution in [-0.4, -0.2) is 33.1 Å². The predicted octanol–water partition coefficient (Wildman–Crippen LogP) is 3.63. The van der Waals surface area contributed by atoms with Gasteiger partial charge in [0.1, 0.15) is 5.82 Å². The first-order valence-corrected chi connectivity index (χ1v) is 8.38. The van der Waals surface area contributed by atoms with Crippen molar-refractivity contribution in [2.24, 2.45) is 0 Å². The molecule has 0 amide bonds. The number of aromatic nitrogens is 3. The fourth-order valence-electron chi connectivity index (χ4n) is 2.76. The van der Waals surface area contributed by atoms with Gasteiger partial charge in [-0.05, 0) is 24.3 Å². The van der Waals surface area contributed by atoms with Crippen molar-refractivity contribution in [3.05, 3.63) is 64.5 Å². The highest BCUT2D eigenvalue weighted by Gasteiger charge is 2.33. The van der Waals surface area contributed by atoms with E-state index in [0.717, 1.165) is 23.1 Å². The molecule has 1 saturated heterocycles. The van der Waals surface area contributed by atoms with Crippen LogP contribution in [0.25, 0.3) is 11.4 Å². The van der Waals surface area contributed by atoms with Gasteiger partial charge in [0, 0.05) is 47.6 Å². The Balaban J connectivity index is 1.38. The summed E-state index contributed by atoms with van der Waals surface area (Å²) in [6.07, 6.45) is 3.41. The smallest absolute Gasteiger partial charge is 0.232 e. The molecule has 122 valence electrons. The van der Waals surface area contributed by atoms with Crippen molar-refractivity contribution in [2.75, 3.05) is 13.1 Å². The predicted molar refractivity (Wildman–Crippen MR) is 89.6 cm³/mol. The van der Waals surface area contributed by atoms with Crippen LogP contribution in [0.15, 0.2) is 51.7 Å². The lowest BCUT2D eigenvalue weighted by Gasteiger charge is -2.37. The first kappa shape index (κ1) is 15.4. The van der Waals surface area contributed by atoms with Crippen LogP contribution in [0.3, 0.4) is 0 Å². The minimum atomic E-state index is -0.190. The molecule has 1 aliphatic rings. The SMILES string of the molecule is Fc1cc(Br)ccc1CN1CC(c2nc(-c3cccnc3)no2)C1. The second-order valence-electron chi connectivity index (χ2n) is 5.82. The van der Waals surface area contributed by atoms with E-state index in [1.807, 2.05) is 18.2 Å². The minimum Gasteiger partial charge on any atom is -0.339 e. The molecule has 24 heavy (non-hydrogen) atoms. The second kappa shape index (κ2) is 6.41. The highest BCUT2D eigenvalue weighted by Crippen LogP contribution is 2.29. The lowest BCUT2D eigenvalue weighted by molar-refractivity contribution is 0.116. The highest BCUT2D eigenvalue weighted by molar-refractivity contribution is 9.10. The molecule has 2 aromatic heterocycles. The zero-order valence-corrected chi connectivity index (χ0v) is 14.3. The van der Waals surface area contributed by atoms with Crippen molar-refractivity contribution >= 4 is 15.9 Å². The Hall–Kier alpha value is -2.12. The fraction of sp³-hybridized carbons (Fsp3) is 0.235. The quantitative estimate of drug-likeness (QED) is 0.682. The Bertz CT molecular complexity index is 849. The van der Waals surface area contributed by atoms with E-state index in [9.17, 15) is 4.39 Å². The molecule has 0 bridgehead atoms. The summed E-state index contributed by atoms with van der Waals surface area (Å²) >= 11 is 3.27. The van der Waals surface area contributed by atoms with Gasteiger partial charge in [0.25, 0.3) is 0 Å². The van der Waals surface area contributed by atoms with Gasteiger partial charge in [-0.1, -0.05) is 27.2 Å². The van der Waals surface area contributed by atoms with Crippen LogP contribution in [0.4, 0.5) is 4.39 Å². The number of hydrogen-bond donors (Lipinski definition) is 0.